The Kier molecular flexibility index (Phi) is 2.98. The Bertz CT molecular complexity index is 732. The van der Waals surface area contributed by atoms with Crippen LogP contribution in [0.15, 0.2) is 28.8 Å². The largest absolute Gasteiger partial charge is 0.381 e. The van der Waals surface area contributed by atoms with E-state index in [1.807, 2.05) is 6.07 Å². The fourth-order valence-corrected chi connectivity index (χ4v) is 3.22. The number of aromatic nitrogens is 1. The number of fused-ring (bicyclic) bond motifs is 1. The topological polar surface area (TPSA) is 52.0 Å². The van der Waals surface area contributed by atoms with Gasteiger partial charge >= 0.3 is 0 Å². The van der Waals surface area contributed by atoms with E-state index in [2.05, 4.69) is 12.1 Å². The summed E-state index contributed by atoms with van der Waals surface area (Å²) < 4.78 is 19.4. The van der Waals surface area contributed by atoms with Gasteiger partial charge in [-0.1, -0.05) is 24.6 Å². The van der Waals surface area contributed by atoms with E-state index in [0.717, 1.165) is 33.4 Å². The van der Waals surface area contributed by atoms with E-state index in [1.54, 1.807) is 6.07 Å². The number of benzene rings is 1. The highest BCUT2D eigenvalue weighted by atomic mass is 32.1. The summed E-state index contributed by atoms with van der Waals surface area (Å²) in [4.78, 5) is 0.938. The predicted molar refractivity (Wildman–Crippen MR) is 75.7 cm³/mol. The SMILES string of the molecule is CCCc1c(N)noc1-c1cc2ccc(F)cc2s1. The zero-order valence-corrected chi connectivity index (χ0v) is 11.3. The molecule has 3 rings (SSSR count). The molecule has 0 saturated heterocycles. The summed E-state index contributed by atoms with van der Waals surface area (Å²) >= 11 is 1.49. The van der Waals surface area contributed by atoms with Gasteiger partial charge in [-0.2, -0.15) is 0 Å². The Morgan fingerprint density at radius 3 is 3.00 bits per heavy atom. The molecule has 5 heteroatoms. The number of nitrogens with zero attached hydrogens (tertiary/aromatic N) is 1. The fourth-order valence-electron chi connectivity index (χ4n) is 2.12. The zero-order valence-electron chi connectivity index (χ0n) is 10.4. The first kappa shape index (κ1) is 12.2. The molecule has 19 heavy (non-hydrogen) atoms. The molecule has 98 valence electrons. The Balaban J connectivity index is 2.13. The van der Waals surface area contributed by atoms with Crippen LogP contribution in [-0.4, -0.2) is 5.16 Å². The number of hydrogen-bond acceptors (Lipinski definition) is 4. The van der Waals surface area contributed by atoms with E-state index in [1.165, 1.54) is 23.5 Å². The summed E-state index contributed by atoms with van der Waals surface area (Å²) in [5.74, 6) is 0.924. The quantitative estimate of drug-likeness (QED) is 0.778. The van der Waals surface area contributed by atoms with Gasteiger partial charge in [-0.3, -0.25) is 0 Å². The first-order valence-corrected chi connectivity index (χ1v) is 6.94. The average Bonchev–Trinajstić information content (AvgIpc) is 2.94. The molecule has 0 unspecified atom stereocenters. The maximum atomic E-state index is 13.2. The van der Waals surface area contributed by atoms with Crippen LogP contribution < -0.4 is 5.73 Å². The standard InChI is InChI=1S/C14H13FN2OS/c1-2-3-10-13(18-17-14(10)16)12-6-8-4-5-9(15)7-11(8)19-12/h4-7H,2-3H2,1H3,(H2,16,17). The second-order valence-electron chi connectivity index (χ2n) is 4.42. The van der Waals surface area contributed by atoms with E-state index in [-0.39, 0.29) is 5.82 Å². The number of anilines is 1. The number of nitrogen functional groups attached to an aromatic ring is 1. The summed E-state index contributed by atoms with van der Waals surface area (Å²) in [6.45, 7) is 2.08. The van der Waals surface area contributed by atoms with Crippen molar-refractivity contribution in [3.05, 3.63) is 35.6 Å². The average molecular weight is 276 g/mol. The summed E-state index contributed by atoms with van der Waals surface area (Å²) in [6.07, 6.45) is 1.80. The van der Waals surface area contributed by atoms with Gasteiger partial charge in [-0.05, 0) is 30.0 Å². The molecule has 0 aliphatic heterocycles. The van der Waals surface area contributed by atoms with Crippen molar-refractivity contribution in [1.29, 1.82) is 0 Å². The van der Waals surface area contributed by atoms with Gasteiger partial charge in [0.2, 0.25) is 0 Å². The van der Waals surface area contributed by atoms with Crippen LogP contribution in [0.25, 0.3) is 20.7 Å². The van der Waals surface area contributed by atoms with Crippen molar-refractivity contribution in [2.75, 3.05) is 5.73 Å². The lowest BCUT2D eigenvalue weighted by Gasteiger charge is -1.96. The molecule has 0 fully saturated rings. The minimum absolute atomic E-state index is 0.230. The maximum Gasteiger partial charge on any atom is 0.182 e. The third-order valence-corrected chi connectivity index (χ3v) is 4.12. The van der Waals surface area contributed by atoms with Crippen LogP contribution in [0.2, 0.25) is 0 Å². The number of hydrogen-bond donors (Lipinski definition) is 1. The molecule has 2 N–H and O–H groups in total. The molecule has 0 atom stereocenters. The van der Waals surface area contributed by atoms with Crippen LogP contribution >= 0.6 is 11.3 Å². The second-order valence-corrected chi connectivity index (χ2v) is 5.50. The third kappa shape index (κ3) is 2.10. The summed E-state index contributed by atoms with van der Waals surface area (Å²) in [5.41, 5.74) is 6.76. The van der Waals surface area contributed by atoms with Crippen LogP contribution in [0.5, 0.6) is 0 Å². The highest BCUT2D eigenvalue weighted by molar-refractivity contribution is 7.22. The number of halogens is 1. The van der Waals surface area contributed by atoms with Gasteiger partial charge in [-0.25, -0.2) is 4.39 Å². The number of rotatable bonds is 3. The molecule has 0 spiro atoms. The van der Waals surface area contributed by atoms with Crippen molar-refractivity contribution in [3.63, 3.8) is 0 Å². The summed E-state index contributed by atoms with van der Waals surface area (Å²) in [5, 5.41) is 4.83. The van der Waals surface area contributed by atoms with Gasteiger partial charge in [-0.15, -0.1) is 11.3 Å². The second kappa shape index (κ2) is 4.66. The molecule has 0 bridgehead atoms. The lowest BCUT2D eigenvalue weighted by atomic mass is 10.1. The normalized spacial score (nSPS) is 11.3. The first-order chi connectivity index (χ1) is 9.19. The molecule has 0 saturated carbocycles. The van der Waals surface area contributed by atoms with Crippen LogP contribution in [0, 0.1) is 5.82 Å². The first-order valence-electron chi connectivity index (χ1n) is 6.12. The molecule has 2 aromatic heterocycles. The van der Waals surface area contributed by atoms with Crippen molar-refractivity contribution in [2.24, 2.45) is 0 Å². The van der Waals surface area contributed by atoms with Crippen molar-refractivity contribution in [1.82, 2.24) is 5.16 Å². The molecule has 0 aliphatic carbocycles. The van der Waals surface area contributed by atoms with Crippen molar-refractivity contribution in [2.45, 2.75) is 19.8 Å². The van der Waals surface area contributed by atoms with E-state index in [0.29, 0.717) is 11.6 Å². The van der Waals surface area contributed by atoms with Crippen molar-refractivity contribution < 1.29 is 8.91 Å². The van der Waals surface area contributed by atoms with E-state index >= 15 is 0 Å². The van der Waals surface area contributed by atoms with Gasteiger partial charge < -0.3 is 10.3 Å². The molecule has 3 nitrogen and oxygen atoms in total. The molecular weight excluding hydrogens is 263 g/mol. The number of thiophene rings is 1. The maximum absolute atomic E-state index is 13.2. The highest BCUT2D eigenvalue weighted by Crippen LogP contribution is 2.37. The monoisotopic (exact) mass is 276 g/mol. The van der Waals surface area contributed by atoms with Crippen LogP contribution in [0.1, 0.15) is 18.9 Å². The van der Waals surface area contributed by atoms with Gasteiger partial charge in [0.1, 0.15) is 5.82 Å². The molecule has 0 radical (unpaired) electrons. The molecular formula is C14H13FN2OS. The minimum Gasteiger partial charge on any atom is -0.381 e. The fraction of sp³-hybridized carbons (Fsp3) is 0.214. The van der Waals surface area contributed by atoms with Crippen molar-refractivity contribution in [3.8, 4) is 10.6 Å². The number of nitrogens with two attached hydrogens (primary N) is 1. The molecule has 0 amide bonds. The lowest BCUT2D eigenvalue weighted by molar-refractivity contribution is 0.436. The summed E-state index contributed by atoms with van der Waals surface area (Å²) in [7, 11) is 0. The van der Waals surface area contributed by atoms with Gasteiger partial charge in [0.25, 0.3) is 0 Å². The zero-order chi connectivity index (χ0) is 13.4. The lowest BCUT2D eigenvalue weighted by Crippen LogP contribution is -1.91. The smallest absolute Gasteiger partial charge is 0.182 e. The van der Waals surface area contributed by atoms with Gasteiger partial charge in [0.15, 0.2) is 11.6 Å². The van der Waals surface area contributed by atoms with Gasteiger partial charge in [0, 0.05) is 10.3 Å². The van der Waals surface area contributed by atoms with E-state index in [4.69, 9.17) is 10.3 Å². The highest BCUT2D eigenvalue weighted by Gasteiger charge is 2.17. The minimum atomic E-state index is -0.230. The Morgan fingerprint density at radius 2 is 2.21 bits per heavy atom. The van der Waals surface area contributed by atoms with Crippen LogP contribution in [0.4, 0.5) is 10.2 Å². The summed E-state index contributed by atoms with van der Waals surface area (Å²) in [6, 6.07) is 6.74. The third-order valence-electron chi connectivity index (χ3n) is 3.02. The Morgan fingerprint density at radius 1 is 1.37 bits per heavy atom. The van der Waals surface area contributed by atoms with Crippen LogP contribution in [0.3, 0.4) is 0 Å². The molecule has 3 aromatic rings. The Hall–Kier alpha value is -1.88. The molecule has 0 aliphatic rings. The van der Waals surface area contributed by atoms with E-state index < -0.39 is 0 Å². The van der Waals surface area contributed by atoms with E-state index in [9.17, 15) is 4.39 Å². The van der Waals surface area contributed by atoms with Crippen LogP contribution in [-0.2, 0) is 6.42 Å². The molecule has 1 aromatic carbocycles. The van der Waals surface area contributed by atoms with Crippen molar-refractivity contribution >= 4 is 27.2 Å². The predicted octanol–water partition coefficient (Wildman–Crippen LogP) is 4.23. The molecule has 2 heterocycles. The Labute approximate surface area is 113 Å². The van der Waals surface area contributed by atoms with Gasteiger partial charge in [0.05, 0.1) is 4.88 Å².